The molecule has 0 bridgehead atoms. The average Bonchev–Trinajstić information content (AvgIpc) is 2.87. The third-order valence-corrected chi connectivity index (χ3v) is 3.19. The SMILES string of the molecule is COCC1CCN(c2nc(NN)ccc2[N+](=O)[O-])C1. The summed E-state index contributed by atoms with van der Waals surface area (Å²) < 4.78 is 5.12. The smallest absolute Gasteiger partial charge is 0.311 e. The normalized spacial score (nSPS) is 18.6. The first-order chi connectivity index (χ1) is 9.15. The van der Waals surface area contributed by atoms with Crippen molar-refractivity contribution in [2.45, 2.75) is 6.42 Å². The van der Waals surface area contributed by atoms with E-state index in [1.54, 1.807) is 7.11 Å². The molecule has 1 aromatic rings. The Kier molecular flexibility index (Phi) is 4.13. The summed E-state index contributed by atoms with van der Waals surface area (Å²) in [4.78, 5) is 16.7. The summed E-state index contributed by atoms with van der Waals surface area (Å²) in [5.74, 6) is 6.45. The van der Waals surface area contributed by atoms with Gasteiger partial charge in [0, 0.05) is 32.2 Å². The van der Waals surface area contributed by atoms with Crippen LogP contribution >= 0.6 is 0 Å². The molecule has 1 atom stereocenters. The minimum Gasteiger partial charge on any atom is -0.384 e. The summed E-state index contributed by atoms with van der Waals surface area (Å²) in [6, 6.07) is 2.91. The Bertz CT molecular complexity index is 468. The highest BCUT2D eigenvalue weighted by molar-refractivity contribution is 5.62. The number of hydrogen-bond acceptors (Lipinski definition) is 7. The molecule has 0 saturated carbocycles. The lowest BCUT2D eigenvalue weighted by molar-refractivity contribution is -0.384. The topological polar surface area (TPSA) is 107 Å². The van der Waals surface area contributed by atoms with Gasteiger partial charge < -0.3 is 15.1 Å². The molecule has 19 heavy (non-hydrogen) atoms. The van der Waals surface area contributed by atoms with E-state index in [0.29, 0.717) is 30.7 Å². The van der Waals surface area contributed by atoms with Crippen LogP contribution in [0.4, 0.5) is 17.3 Å². The lowest BCUT2D eigenvalue weighted by Crippen LogP contribution is -2.23. The summed E-state index contributed by atoms with van der Waals surface area (Å²) in [7, 11) is 1.66. The Hall–Kier alpha value is -1.93. The molecule has 2 heterocycles. The standard InChI is InChI=1S/C11H17N5O3/c1-19-7-8-4-5-15(6-8)11-9(16(17)18)2-3-10(13-11)14-12/h2-3,8H,4-7,12H2,1H3,(H,13,14). The number of nitrogens with two attached hydrogens (primary N) is 1. The van der Waals surface area contributed by atoms with Gasteiger partial charge in [0.15, 0.2) is 0 Å². The second-order valence-corrected chi connectivity index (χ2v) is 4.50. The maximum absolute atomic E-state index is 11.0. The fourth-order valence-corrected chi connectivity index (χ4v) is 2.29. The molecule has 0 aromatic carbocycles. The van der Waals surface area contributed by atoms with Crippen molar-refractivity contribution in [3.05, 3.63) is 22.2 Å². The lowest BCUT2D eigenvalue weighted by Gasteiger charge is -2.18. The number of pyridine rings is 1. The summed E-state index contributed by atoms with van der Waals surface area (Å²) in [6.45, 7) is 2.09. The Morgan fingerprint density at radius 3 is 3.11 bits per heavy atom. The largest absolute Gasteiger partial charge is 0.384 e. The molecular weight excluding hydrogens is 250 g/mol. The van der Waals surface area contributed by atoms with Crippen molar-refractivity contribution in [2.24, 2.45) is 11.8 Å². The maximum Gasteiger partial charge on any atom is 0.311 e. The fourth-order valence-electron chi connectivity index (χ4n) is 2.29. The van der Waals surface area contributed by atoms with E-state index in [2.05, 4.69) is 10.4 Å². The Balaban J connectivity index is 2.25. The number of anilines is 2. The number of ether oxygens (including phenoxy) is 1. The van der Waals surface area contributed by atoms with Gasteiger partial charge in [0.05, 0.1) is 11.5 Å². The predicted octanol–water partition coefficient (Wildman–Crippen LogP) is 0.748. The summed E-state index contributed by atoms with van der Waals surface area (Å²) >= 11 is 0. The van der Waals surface area contributed by atoms with Gasteiger partial charge in [-0.15, -0.1) is 0 Å². The Morgan fingerprint density at radius 2 is 2.47 bits per heavy atom. The van der Waals surface area contributed by atoms with E-state index in [-0.39, 0.29) is 5.69 Å². The molecule has 1 aliphatic rings. The van der Waals surface area contributed by atoms with Gasteiger partial charge in [-0.25, -0.2) is 10.8 Å². The van der Waals surface area contributed by atoms with Crippen LogP contribution in [-0.2, 0) is 4.74 Å². The van der Waals surface area contributed by atoms with Crippen molar-refractivity contribution in [1.29, 1.82) is 0 Å². The molecule has 8 nitrogen and oxygen atoms in total. The van der Waals surface area contributed by atoms with Gasteiger partial charge >= 0.3 is 5.69 Å². The zero-order valence-corrected chi connectivity index (χ0v) is 10.7. The molecule has 3 N–H and O–H groups in total. The van der Waals surface area contributed by atoms with Crippen molar-refractivity contribution in [1.82, 2.24) is 4.98 Å². The minimum absolute atomic E-state index is 0.00272. The van der Waals surface area contributed by atoms with E-state index in [1.807, 2.05) is 4.90 Å². The first-order valence-electron chi connectivity index (χ1n) is 6.01. The van der Waals surface area contributed by atoms with Gasteiger partial charge in [-0.2, -0.15) is 0 Å². The van der Waals surface area contributed by atoms with Crippen LogP contribution in [-0.4, -0.2) is 36.7 Å². The van der Waals surface area contributed by atoms with Gasteiger partial charge in [-0.1, -0.05) is 0 Å². The van der Waals surface area contributed by atoms with Crippen LogP contribution in [0.3, 0.4) is 0 Å². The third kappa shape index (κ3) is 2.91. The molecule has 1 aliphatic heterocycles. The minimum atomic E-state index is -0.424. The van der Waals surface area contributed by atoms with Crippen molar-refractivity contribution in [3.63, 3.8) is 0 Å². The molecule has 104 valence electrons. The van der Waals surface area contributed by atoms with Crippen LogP contribution in [0.25, 0.3) is 0 Å². The van der Waals surface area contributed by atoms with Gasteiger partial charge in [-0.3, -0.25) is 10.1 Å². The van der Waals surface area contributed by atoms with Crippen LogP contribution in [0.1, 0.15) is 6.42 Å². The van der Waals surface area contributed by atoms with Crippen molar-refractivity contribution in [3.8, 4) is 0 Å². The van der Waals surface area contributed by atoms with Crippen molar-refractivity contribution >= 4 is 17.3 Å². The van der Waals surface area contributed by atoms with E-state index < -0.39 is 4.92 Å². The number of nitro groups is 1. The average molecular weight is 267 g/mol. The van der Waals surface area contributed by atoms with Crippen LogP contribution < -0.4 is 16.2 Å². The number of nitrogens with zero attached hydrogens (tertiary/aromatic N) is 3. The zero-order valence-electron chi connectivity index (χ0n) is 10.7. The van der Waals surface area contributed by atoms with Gasteiger partial charge in [-0.05, 0) is 12.5 Å². The molecule has 1 unspecified atom stereocenters. The van der Waals surface area contributed by atoms with Crippen molar-refractivity contribution in [2.75, 3.05) is 37.1 Å². The van der Waals surface area contributed by atoms with Crippen LogP contribution in [0.2, 0.25) is 0 Å². The molecule has 1 saturated heterocycles. The second kappa shape index (κ2) is 5.81. The highest BCUT2D eigenvalue weighted by atomic mass is 16.6. The second-order valence-electron chi connectivity index (χ2n) is 4.50. The quantitative estimate of drug-likeness (QED) is 0.460. The number of rotatable bonds is 5. The first-order valence-corrected chi connectivity index (χ1v) is 6.01. The Morgan fingerprint density at radius 1 is 1.68 bits per heavy atom. The number of nitrogens with one attached hydrogen (secondary N) is 1. The highest BCUT2D eigenvalue weighted by Gasteiger charge is 2.29. The number of nitrogen functional groups attached to an aromatic ring is 1. The lowest BCUT2D eigenvalue weighted by atomic mass is 10.1. The van der Waals surface area contributed by atoms with Crippen LogP contribution in [0, 0.1) is 16.0 Å². The molecule has 1 aromatic heterocycles. The maximum atomic E-state index is 11.0. The summed E-state index contributed by atoms with van der Waals surface area (Å²) in [5.41, 5.74) is 2.41. The molecule has 0 radical (unpaired) electrons. The molecule has 0 spiro atoms. The molecule has 2 rings (SSSR count). The molecular formula is C11H17N5O3. The first kappa shape index (κ1) is 13.5. The van der Waals surface area contributed by atoms with E-state index in [4.69, 9.17) is 10.6 Å². The van der Waals surface area contributed by atoms with Gasteiger partial charge in [0.2, 0.25) is 5.82 Å². The number of aromatic nitrogens is 1. The van der Waals surface area contributed by atoms with Crippen LogP contribution in [0.15, 0.2) is 12.1 Å². The number of methoxy groups -OCH3 is 1. The van der Waals surface area contributed by atoms with Gasteiger partial charge in [0.25, 0.3) is 0 Å². The van der Waals surface area contributed by atoms with Crippen LogP contribution in [0.5, 0.6) is 0 Å². The molecule has 0 aliphatic carbocycles. The highest BCUT2D eigenvalue weighted by Crippen LogP contribution is 2.31. The molecule has 8 heteroatoms. The zero-order chi connectivity index (χ0) is 13.8. The Labute approximate surface area is 110 Å². The van der Waals surface area contributed by atoms with E-state index in [0.717, 1.165) is 13.0 Å². The monoisotopic (exact) mass is 267 g/mol. The van der Waals surface area contributed by atoms with E-state index in [9.17, 15) is 10.1 Å². The fraction of sp³-hybridized carbons (Fsp3) is 0.545. The van der Waals surface area contributed by atoms with Crippen molar-refractivity contribution < 1.29 is 9.66 Å². The van der Waals surface area contributed by atoms with E-state index in [1.165, 1.54) is 12.1 Å². The third-order valence-electron chi connectivity index (χ3n) is 3.19. The summed E-state index contributed by atoms with van der Waals surface area (Å²) in [5, 5.41) is 11.0. The van der Waals surface area contributed by atoms with Gasteiger partial charge in [0.1, 0.15) is 5.82 Å². The van der Waals surface area contributed by atoms with E-state index >= 15 is 0 Å². The molecule has 1 fully saturated rings. The number of hydrogen-bond donors (Lipinski definition) is 2. The summed E-state index contributed by atoms with van der Waals surface area (Å²) in [6.07, 6.45) is 0.937. The predicted molar refractivity (Wildman–Crippen MR) is 70.9 cm³/mol. The number of hydrazine groups is 1. The molecule has 0 amide bonds.